The fraction of sp³-hybridized carbons (Fsp3) is 0.0345. The molecule has 7 nitrogen and oxygen atoms in total. The van der Waals surface area contributed by atoms with Gasteiger partial charge in [0, 0.05) is 40.9 Å². The van der Waals surface area contributed by atoms with Crippen molar-refractivity contribution in [3.8, 4) is 22.3 Å². The van der Waals surface area contributed by atoms with E-state index in [-0.39, 0.29) is 5.82 Å². The zero-order valence-electron chi connectivity index (χ0n) is 19.5. The molecule has 0 saturated heterocycles. The van der Waals surface area contributed by atoms with Crippen LogP contribution in [0.25, 0.3) is 33.0 Å². The summed E-state index contributed by atoms with van der Waals surface area (Å²) in [7, 11) is 0. The SMILES string of the molecule is Cc1ccncc1-c1cc(N)c2cnc(NC(=O)C(=O)Nc3cccc(-c4ccccc4)c3)cc2c1. The molecule has 0 spiro atoms. The normalized spacial score (nSPS) is 10.7. The van der Waals surface area contributed by atoms with E-state index in [9.17, 15) is 9.59 Å². The molecule has 7 heteroatoms. The number of hydrogen-bond donors (Lipinski definition) is 3. The van der Waals surface area contributed by atoms with Crippen LogP contribution in [0.4, 0.5) is 17.2 Å². The molecule has 0 aliphatic rings. The monoisotopic (exact) mass is 473 g/mol. The Bertz CT molecular complexity index is 1600. The number of carbonyl (C=O) groups excluding carboxylic acids is 2. The summed E-state index contributed by atoms with van der Waals surface area (Å²) in [6.07, 6.45) is 5.11. The van der Waals surface area contributed by atoms with Gasteiger partial charge in [0.05, 0.1) is 0 Å². The van der Waals surface area contributed by atoms with E-state index in [2.05, 4.69) is 20.6 Å². The van der Waals surface area contributed by atoms with Crippen LogP contribution in [0.3, 0.4) is 0 Å². The summed E-state index contributed by atoms with van der Waals surface area (Å²) in [6, 6.07) is 24.6. The highest BCUT2D eigenvalue weighted by Crippen LogP contribution is 2.31. The summed E-state index contributed by atoms with van der Waals surface area (Å²) in [4.78, 5) is 33.7. The Morgan fingerprint density at radius 3 is 2.36 bits per heavy atom. The predicted molar refractivity (Wildman–Crippen MR) is 143 cm³/mol. The van der Waals surface area contributed by atoms with Crippen LogP contribution in [0.15, 0.2) is 97.5 Å². The number of rotatable bonds is 4. The Morgan fingerprint density at radius 2 is 1.56 bits per heavy atom. The molecule has 2 amide bonds. The minimum Gasteiger partial charge on any atom is -0.398 e. The second-order valence-corrected chi connectivity index (χ2v) is 8.40. The minimum atomic E-state index is -0.820. The first kappa shape index (κ1) is 22.7. The second kappa shape index (κ2) is 9.68. The highest BCUT2D eigenvalue weighted by atomic mass is 16.2. The van der Waals surface area contributed by atoms with Gasteiger partial charge in [0.15, 0.2) is 0 Å². The van der Waals surface area contributed by atoms with E-state index in [4.69, 9.17) is 5.73 Å². The van der Waals surface area contributed by atoms with E-state index < -0.39 is 11.8 Å². The molecule has 0 aliphatic carbocycles. The number of aryl methyl sites for hydroxylation is 1. The number of hydrogen-bond acceptors (Lipinski definition) is 5. The van der Waals surface area contributed by atoms with Crippen molar-refractivity contribution in [2.45, 2.75) is 6.92 Å². The van der Waals surface area contributed by atoms with Crippen molar-refractivity contribution in [2.24, 2.45) is 0 Å². The molecule has 5 rings (SSSR count). The first-order chi connectivity index (χ1) is 17.5. The number of pyridine rings is 2. The number of nitrogens with one attached hydrogen (secondary N) is 2. The minimum absolute atomic E-state index is 0.250. The van der Waals surface area contributed by atoms with Crippen molar-refractivity contribution < 1.29 is 9.59 Å². The van der Waals surface area contributed by atoms with Gasteiger partial charge in [0.1, 0.15) is 5.82 Å². The Kier molecular flexibility index (Phi) is 6.11. The number of carbonyl (C=O) groups is 2. The third kappa shape index (κ3) is 4.76. The van der Waals surface area contributed by atoms with Crippen molar-refractivity contribution in [3.05, 3.63) is 103 Å². The number of nitrogens with two attached hydrogens (primary N) is 1. The lowest BCUT2D eigenvalue weighted by Gasteiger charge is -2.11. The van der Waals surface area contributed by atoms with Gasteiger partial charge in [-0.05, 0) is 71.0 Å². The van der Waals surface area contributed by atoms with E-state index in [0.717, 1.165) is 38.6 Å². The predicted octanol–water partition coefficient (Wildman–Crippen LogP) is 5.43. The van der Waals surface area contributed by atoms with Crippen LogP contribution in [0.1, 0.15) is 5.56 Å². The third-order valence-electron chi connectivity index (χ3n) is 5.89. The van der Waals surface area contributed by atoms with Crippen LogP contribution in [-0.2, 0) is 9.59 Å². The average Bonchev–Trinajstić information content (AvgIpc) is 2.89. The lowest BCUT2D eigenvalue weighted by atomic mass is 9.99. The standard InChI is InChI=1S/C29H23N5O2/c1-18-10-11-31-16-24(18)21-12-22-15-27(32-17-25(22)26(30)14-21)34-29(36)28(35)33-23-9-5-8-20(13-23)19-6-3-2-4-7-19/h2-17H,30H2,1H3,(H,33,35)(H,32,34,36). The van der Waals surface area contributed by atoms with Crippen LogP contribution in [0.5, 0.6) is 0 Å². The lowest BCUT2D eigenvalue weighted by molar-refractivity contribution is -0.133. The molecule has 176 valence electrons. The van der Waals surface area contributed by atoms with Crippen molar-refractivity contribution in [1.82, 2.24) is 9.97 Å². The molecular weight excluding hydrogens is 450 g/mol. The molecule has 0 unspecified atom stereocenters. The van der Waals surface area contributed by atoms with Crippen LogP contribution < -0.4 is 16.4 Å². The fourth-order valence-corrected chi connectivity index (χ4v) is 4.04. The zero-order valence-corrected chi connectivity index (χ0v) is 19.5. The third-order valence-corrected chi connectivity index (χ3v) is 5.89. The molecule has 0 radical (unpaired) electrons. The zero-order chi connectivity index (χ0) is 25.1. The van der Waals surface area contributed by atoms with Gasteiger partial charge < -0.3 is 16.4 Å². The highest BCUT2D eigenvalue weighted by molar-refractivity contribution is 6.43. The lowest BCUT2D eigenvalue weighted by Crippen LogP contribution is -2.29. The van der Waals surface area contributed by atoms with Gasteiger partial charge >= 0.3 is 11.8 Å². The summed E-state index contributed by atoms with van der Waals surface area (Å²) >= 11 is 0. The number of nitrogen functional groups attached to an aromatic ring is 1. The van der Waals surface area contributed by atoms with Crippen LogP contribution in [-0.4, -0.2) is 21.8 Å². The number of benzene rings is 3. The Hall–Kier alpha value is -5.04. The van der Waals surface area contributed by atoms with Gasteiger partial charge in [-0.3, -0.25) is 14.6 Å². The maximum Gasteiger partial charge on any atom is 0.315 e. The largest absolute Gasteiger partial charge is 0.398 e. The van der Waals surface area contributed by atoms with Crippen molar-refractivity contribution in [1.29, 1.82) is 0 Å². The van der Waals surface area contributed by atoms with Crippen molar-refractivity contribution >= 4 is 39.8 Å². The highest BCUT2D eigenvalue weighted by Gasteiger charge is 2.16. The van der Waals surface area contributed by atoms with E-state index in [1.54, 1.807) is 30.7 Å². The molecule has 0 aliphatic heterocycles. The van der Waals surface area contributed by atoms with E-state index in [1.807, 2.05) is 73.7 Å². The summed E-state index contributed by atoms with van der Waals surface area (Å²) in [5.41, 5.74) is 12.2. The van der Waals surface area contributed by atoms with Gasteiger partial charge in [-0.25, -0.2) is 4.98 Å². The Balaban J connectivity index is 1.35. The fourth-order valence-electron chi connectivity index (χ4n) is 4.04. The molecular formula is C29H23N5O2. The van der Waals surface area contributed by atoms with Crippen LogP contribution in [0, 0.1) is 6.92 Å². The first-order valence-corrected chi connectivity index (χ1v) is 11.4. The molecule has 2 aromatic heterocycles. The second-order valence-electron chi connectivity index (χ2n) is 8.40. The Morgan fingerprint density at radius 1 is 0.778 bits per heavy atom. The molecule has 0 atom stereocenters. The molecule has 0 saturated carbocycles. The van der Waals surface area contributed by atoms with E-state index >= 15 is 0 Å². The molecule has 5 aromatic rings. The smallest absolute Gasteiger partial charge is 0.315 e. The molecule has 36 heavy (non-hydrogen) atoms. The maximum atomic E-state index is 12.6. The average molecular weight is 474 g/mol. The summed E-state index contributed by atoms with van der Waals surface area (Å²) in [5, 5.41) is 6.76. The number of anilines is 3. The number of aromatic nitrogens is 2. The Labute approximate surface area is 208 Å². The van der Waals surface area contributed by atoms with E-state index in [1.165, 1.54) is 0 Å². The molecule has 2 heterocycles. The number of fused-ring (bicyclic) bond motifs is 1. The molecule has 0 fully saturated rings. The quantitative estimate of drug-likeness (QED) is 0.238. The molecule has 0 bridgehead atoms. The van der Waals surface area contributed by atoms with Crippen LogP contribution in [0.2, 0.25) is 0 Å². The molecule has 4 N–H and O–H groups in total. The van der Waals surface area contributed by atoms with Gasteiger partial charge in [-0.15, -0.1) is 0 Å². The van der Waals surface area contributed by atoms with Gasteiger partial charge in [-0.1, -0.05) is 42.5 Å². The summed E-state index contributed by atoms with van der Waals surface area (Å²) < 4.78 is 0. The van der Waals surface area contributed by atoms with Gasteiger partial charge in [-0.2, -0.15) is 0 Å². The number of nitrogens with zero attached hydrogens (tertiary/aromatic N) is 2. The van der Waals surface area contributed by atoms with E-state index in [0.29, 0.717) is 11.4 Å². The van der Waals surface area contributed by atoms with Crippen molar-refractivity contribution in [3.63, 3.8) is 0 Å². The molecule has 3 aromatic carbocycles. The van der Waals surface area contributed by atoms with Gasteiger partial charge in [0.25, 0.3) is 0 Å². The summed E-state index contributed by atoms with van der Waals surface area (Å²) in [5.74, 6) is -1.36. The topological polar surface area (TPSA) is 110 Å². The van der Waals surface area contributed by atoms with Gasteiger partial charge in [0.2, 0.25) is 0 Å². The van der Waals surface area contributed by atoms with Crippen molar-refractivity contribution in [2.75, 3.05) is 16.4 Å². The summed E-state index contributed by atoms with van der Waals surface area (Å²) in [6.45, 7) is 2.00. The number of amides is 2. The maximum absolute atomic E-state index is 12.6. The first-order valence-electron chi connectivity index (χ1n) is 11.4. The van der Waals surface area contributed by atoms with Crippen LogP contribution >= 0.6 is 0 Å².